The zero-order chi connectivity index (χ0) is 7.28. The molecule has 0 aromatic carbocycles. The van der Waals surface area contributed by atoms with E-state index in [0.29, 0.717) is 5.92 Å². The molecule has 0 aliphatic heterocycles. The quantitative estimate of drug-likeness (QED) is 0.576. The van der Waals surface area contributed by atoms with Crippen LogP contribution < -0.4 is 0 Å². The van der Waals surface area contributed by atoms with Crippen LogP contribution in [0.1, 0.15) is 27.2 Å². The Labute approximate surface area is 57.4 Å². The van der Waals surface area contributed by atoms with E-state index in [0.717, 1.165) is 12.0 Å². The van der Waals surface area contributed by atoms with Crippen LogP contribution in [0, 0.1) is 5.92 Å². The fourth-order valence-electron chi connectivity index (χ4n) is 0.745. The van der Waals surface area contributed by atoms with Gasteiger partial charge in [0.15, 0.2) is 0 Å². The molecule has 0 aromatic rings. The van der Waals surface area contributed by atoms with Gasteiger partial charge in [-0.2, -0.15) is 0 Å². The third kappa shape index (κ3) is 3.31. The van der Waals surface area contributed by atoms with E-state index in [2.05, 4.69) is 26.8 Å². The number of rotatable bonds is 3. The van der Waals surface area contributed by atoms with Crippen LogP contribution in [0.5, 0.6) is 0 Å². The van der Waals surface area contributed by atoms with E-state index in [-0.39, 0.29) is 6.61 Å². The summed E-state index contributed by atoms with van der Waals surface area (Å²) in [4.78, 5) is 0. The summed E-state index contributed by atoms with van der Waals surface area (Å²) in [5.41, 5.74) is 1.15. The normalized spacial score (nSPS) is 12.8. The van der Waals surface area contributed by atoms with Crippen LogP contribution >= 0.6 is 0 Å². The van der Waals surface area contributed by atoms with E-state index in [4.69, 9.17) is 5.11 Å². The third-order valence-electron chi connectivity index (χ3n) is 1.39. The minimum Gasteiger partial charge on any atom is -0.392 e. The number of aliphatic hydroxyl groups is 1. The molecule has 0 unspecified atom stereocenters. The highest BCUT2D eigenvalue weighted by Crippen LogP contribution is 2.08. The second-order valence-corrected chi connectivity index (χ2v) is 2.50. The Morgan fingerprint density at radius 3 is 2.22 bits per heavy atom. The molecule has 0 amide bonds. The maximum atomic E-state index is 8.76. The molecule has 0 atom stereocenters. The Morgan fingerprint density at radius 2 is 2.11 bits per heavy atom. The predicted molar refractivity (Wildman–Crippen MR) is 40.3 cm³/mol. The molecule has 0 rings (SSSR count). The van der Waals surface area contributed by atoms with Gasteiger partial charge in [0.05, 0.1) is 6.61 Å². The van der Waals surface area contributed by atoms with Crippen LogP contribution in [-0.4, -0.2) is 11.7 Å². The predicted octanol–water partition coefficient (Wildman–Crippen LogP) is 1.97. The van der Waals surface area contributed by atoms with Crippen molar-refractivity contribution < 1.29 is 5.11 Å². The highest BCUT2D eigenvalue weighted by Gasteiger charge is 1.98. The number of aliphatic hydroxyl groups excluding tert-OH is 1. The van der Waals surface area contributed by atoms with Crippen molar-refractivity contribution in [2.24, 2.45) is 5.92 Å². The molecule has 1 N–H and O–H groups in total. The molecule has 0 radical (unpaired) electrons. The van der Waals surface area contributed by atoms with Crippen molar-refractivity contribution in [1.29, 1.82) is 0 Å². The van der Waals surface area contributed by atoms with Gasteiger partial charge in [-0.15, -0.1) is 0 Å². The van der Waals surface area contributed by atoms with Crippen LogP contribution in [0.15, 0.2) is 11.6 Å². The number of allylic oxidation sites excluding steroid dienone is 1. The molecule has 0 saturated heterocycles. The summed E-state index contributed by atoms with van der Waals surface area (Å²) in [6.07, 6.45) is 3.11. The van der Waals surface area contributed by atoms with Crippen LogP contribution in [0.25, 0.3) is 0 Å². The van der Waals surface area contributed by atoms with Gasteiger partial charge in [0.25, 0.3) is 0 Å². The highest BCUT2D eigenvalue weighted by molar-refractivity contribution is 5.04. The zero-order valence-corrected chi connectivity index (χ0v) is 6.52. The Hall–Kier alpha value is -0.300. The van der Waals surface area contributed by atoms with Gasteiger partial charge < -0.3 is 5.11 Å². The topological polar surface area (TPSA) is 20.2 Å². The standard InChI is InChI=1S/C8H16O/c1-4-5-8(6-9)7(2)3/h5,7,9H,4,6H2,1-3H3. The first-order valence-corrected chi connectivity index (χ1v) is 3.52. The fraction of sp³-hybridized carbons (Fsp3) is 0.750. The van der Waals surface area contributed by atoms with Crippen LogP contribution in [-0.2, 0) is 0 Å². The summed E-state index contributed by atoms with van der Waals surface area (Å²) in [5.74, 6) is 0.495. The molecule has 0 heterocycles. The van der Waals surface area contributed by atoms with Crippen molar-refractivity contribution in [3.8, 4) is 0 Å². The minimum absolute atomic E-state index is 0.214. The van der Waals surface area contributed by atoms with Gasteiger partial charge in [-0.05, 0) is 17.9 Å². The van der Waals surface area contributed by atoms with Gasteiger partial charge in [0.2, 0.25) is 0 Å². The summed E-state index contributed by atoms with van der Waals surface area (Å²) in [7, 11) is 0. The summed E-state index contributed by atoms with van der Waals surface area (Å²) in [6.45, 7) is 6.49. The van der Waals surface area contributed by atoms with Gasteiger partial charge in [0, 0.05) is 0 Å². The maximum absolute atomic E-state index is 8.76. The molecule has 0 bridgehead atoms. The fourth-order valence-corrected chi connectivity index (χ4v) is 0.745. The average molecular weight is 128 g/mol. The maximum Gasteiger partial charge on any atom is 0.0644 e. The third-order valence-corrected chi connectivity index (χ3v) is 1.39. The Balaban J connectivity index is 3.81. The molecule has 0 aliphatic carbocycles. The second kappa shape index (κ2) is 4.57. The number of hydrogen-bond acceptors (Lipinski definition) is 1. The molecule has 1 nitrogen and oxygen atoms in total. The van der Waals surface area contributed by atoms with Crippen LogP contribution in [0.3, 0.4) is 0 Å². The second-order valence-electron chi connectivity index (χ2n) is 2.50. The first kappa shape index (κ1) is 8.70. The molecule has 0 aromatic heterocycles. The lowest BCUT2D eigenvalue weighted by Crippen LogP contribution is -1.98. The first-order valence-electron chi connectivity index (χ1n) is 3.52. The Bertz CT molecular complexity index is 92.7. The van der Waals surface area contributed by atoms with Crippen LogP contribution in [0.2, 0.25) is 0 Å². The summed E-state index contributed by atoms with van der Waals surface area (Å²) >= 11 is 0. The largest absolute Gasteiger partial charge is 0.392 e. The number of hydrogen-bond donors (Lipinski definition) is 1. The van der Waals surface area contributed by atoms with Gasteiger partial charge in [-0.3, -0.25) is 0 Å². The monoisotopic (exact) mass is 128 g/mol. The van der Waals surface area contributed by atoms with Gasteiger partial charge in [-0.25, -0.2) is 0 Å². The van der Waals surface area contributed by atoms with Crippen LogP contribution in [0.4, 0.5) is 0 Å². The lowest BCUT2D eigenvalue weighted by atomic mass is 10.0. The molecule has 0 aliphatic rings. The van der Waals surface area contributed by atoms with E-state index in [1.165, 1.54) is 0 Å². The molecule has 0 saturated carbocycles. The summed E-state index contributed by atoms with van der Waals surface area (Å²) in [6, 6.07) is 0. The van der Waals surface area contributed by atoms with Crippen molar-refractivity contribution in [2.75, 3.05) is 6.61 Å². The van der Waals surface area contributed by atoms with E-state index >= 15 is 0 Å². The average Bonchev–Trinajstić information content (AvgIpc) is 1.82. The summed E-state index contributed by atoms with van der Waals surface area (Å²) < 4.78 is 0. The Kier molecular flexibility index (Phi) is 4.41. The highest BCUT2D eigenvalue weighted by atomic mass is 16.3. The van der Waals surface area contributed by atoms with Crippen molar-refractivity contribution in [3.63, 3.8) is 0 Å². The molecule has 1 heteroatoms. The SMILES string of the molecule is CCC=C(CO)C(C)C. The van der Waals surface area contributed by atoms with E-state index in [1.54, 1.807) is 0 Å². The molecular weight excluding hydrogens is 112 g/mol. The van der Waals surface area contributed by atoms with Gasteiger partial charge in [0.1, 0.15) is 0 Å². The molecule has 0 spiro atoms. The van der Waals surface area contributed by atoms with Crippen molar-refractivity contribution in [3.05, 3.63) is 11.6 Å². The van der Waals surface area contributed by atoms with E-state index in [1.807, 2.05) is 0 Å². The molecule has 54 valence electrons. The molecule has 9 heavy (non-hydrogen) atoms. The lowest BCUT2D eigenvalue weighted by Gasteiger charge is -2.05. The van der Waals surface area contributed by atoms with Crippen molar-refractivity contribution in [2.45, 2.75) is 27.2 Å². The van der Waals surface area contributed by atoms with E-state index < -0.39 is 0 Å². The van der Waals surface area contributed by atoms with Crippen molar-refractivity contribution in [1.82, 2.24) is 0 Å². The lowest BCUT2D eigenvalue weighted by molar-refractivity contribution is 0.318. The van der Waals surface area contributed by atoms with Gasteiger partial charge in [-0.1, -0.05) is 26.8 Å². The van der Waals surface area contributed by atoms with Crippen molar-refractivity contribution >= 4 is 0 Å². The van der Waals surface area contributed by atoms with Gasteiger partial charge >= 0.3 is 0 Å². The molecule has 0 fully saturated rings. The van der Waals surface area contributed by atoms with E-state index in [9.17, 15) is 0 Å². The first-order chi connectivity index (χ1) is 4.22. The smallest absolute Gasteiger partial charge is 0.0644 e. The Morgan fingerprint density at radius 1 is 1.56 bits per heavy atom. The summed E-state index contributed by atoms with van der Waals surface area (Å²) in [5, 5.41) is 8.76. The minimum atomic E-state index is 0.214. The zero-order valence-electron chi connectivity index (χ0n) is 6.52. The molecular formula is C8H16O.